The molecule has 10 heteroatoms. The molecule has 1 fully saturated rings. The molecule has 4 aromatic rings. The zero-order valence-corrected chi connectivity index (χ0v) is 20.5. The van der Waals surface area contributed by atoms with E-state index in [1.807, 2.05) is 22.7 Å². The van der Waals surface area contributed by atoms with Gasteiger partial charge in [0.15, 0.2) is 11.5 Å². The molecular formula is C27H26FN5O4. The van der Waals surface area contributed by atoms with Crippen molar-refractivity contribution in [1.29, 1.82) is 0 Å². The van der Waals surface area contributed by atoms with Gasteiger partial charge in [-0.15, -0.1) is 0 Å². The molecule has 0 saturated carbocycles. The van der Waals surface area contributed by atoms with Crippen molar-refractivity contribution in [3.8, 4) is 28.5 Å². The minimum atomic E-state index is -0.616. The number of carbonyl (C=O) groups excluding carboxylic acids is 2. The second-order valence-electron chi connectivity index (χ2n) is 8.72. The van der Waals surface area contributed by atoms with Gasteiger partial charge in [0.05, 0.1) is 24.5 Å². The molecule has 0 bridgehead atoms. The first-order valence-corrected chi connectivity index (χ1v) is 11.9. The molecule has 1 saturated heterocycles. The third kappa shape index (κ3) is 4.69. The predicted molar refractivity (Wildman–Crippen MR) is 134 cm³/mol. The summed E-state index contributed by atoms with van der Waals surface area (Å²) >= 11 is 0. The Morgan fingerprint density at radius 1 is 1.14 bits per heavy atom. The molecule has 1 atom stereocenters. The topological polar surface area (TPSA) is 98.1 Å². The van der Waals surface area contributed by atoms with Crippen LogP contribution in [0.1, 0.15) is 24.6 Å². The number of hydrogen-bond donors (Lipinski definition) is 1. The Bertz CT molecular complexity index is 1450. The van der Waals surface area contributed by atoms with Crippen LogP contribution in [0.3, 0.4) is 0 Å². The standard InChI is InChI=1S/C27H26FN5O4/c1-29-26(34)27(35)32-13-4-5-18(16-32)25-31-24(20-15-30-12-14-33(20)25)17-8-10-19(11-9-17)37-22-7-3-6-21(36-2)23(22)28/h3,6-12,14-15,18H,4-5,13,16H2,1-2H3,(H,29,34)/t18-/m1/s1. The van der Waals surface area contributed by atoms with Crippen molar-refractivity contribution in [3.63, 3.8) is 0 Å². The molecule has 3 heterocycles. The maximum absolute atomic E-state index is 14.5. The number of likely N-dealkylation sites (tertiary alicyclic amines) is 1. The van der Waals surface area contributed by atoms with Gasteiger partial charge in [0, 0.05) is 44.0 Å². The first kappa shape index (κ1) is 24.2. The van der Waals surface area contributed by atoms with Gasteiger partial charge in [0.1, 0.15) is 11.6 Å². The van der Waals surface area contributed by atoms with Gasteiger partial charge >= 0.3 is 11.8 Å². The molecule has 0 radical (unpaired) electrons. The Balaban J connectivity index is 1.43. The van der Waals surface area contributed by atoms with Crippen LogP contribution in [-0.2, 0) is 9.59 Å². The van der Waals surface area contributed by atoms with E-state index in [9.17, 15) is 14.0 Å². The number of halogens is 1. The number of likely N-dealkylation sites (N-methyl/N-ethyl adjacent to an activating group) is 1. The summed E-state index contributed by atoms with van der Waals surface area (Å²) in [6.45, 7) is 0.946. The number of amides is 2. The molecule has 37 heavy (non-hydrogen) atoms. The number of hydrogen-bond acceptors (Lipinski definition) is 6. The van der Waals surface area contributed by atoms with Crippen molar-refractivity contribution in [3.05, 3.63) is 72.7 Å². The summed E-state index contributed by atoms with van der Waals surface area (Å²) in [6, 6.07) is 11.9. The zero-order valence-electron chi connectivity index (χ0n) is 20.5. The SMILES string of the molecule is CNC(=O)C(=O)N1CCC[C@@H](c2nc(-c3ccc(Oc4cccc(OC)c4F)cc3)c3cnccn23)C1. The lowest BCUT2D eigenvalue weighted by Crippen LogP contribution is -2.46. The minimum Gasteiger partial charge on any atom is -0.494 e. The van der Waals surface area contributed by atoms with Crippen LogP contribution in [0, 0.1) is 5.82 Å². The molecule has 1 aliphatic heterocycles. The minimum absolute atomic E-state index is 0.0374. The van der Waals surface area contributed by atoms with Gasteiger partial charge in [0.25, 0.3) is 0 Å². The van der Waals surface area contributed by atoms with Crippen molar-refractivity contribution >= 4 is 17.3 Å². The second-order valence-corrected chi connectivity index (χ2v) is 8.72. The summed E-state index contributed by atoms with van der Waals surface area (Å²) in [7, 11) is 2.85. The summed E-state index contributed by atoms with van der Waals surface area (Å²) in [4.78, 5) is 35.2. The highest BCUT2D eigenvalue weighted by Crippen LogP contribution is 2.34. The molecule has 1 aliphatic rings. The van der Waals surface area contributed by atoms with E-state index in [4.69, 9.17) is 14.5 Å². The number of imidazole rings is 1. The first-order chi connectivity index (χ1) is 18.0. The Morgan fingerprint density at radius 3 is 2.68 bits per heavy atom. The van der Waals surface area contributed by atoms with E-state index in [1.165, 1.54) is 26.3 Å². The van der Waals surface area contributed by atoms with Crippen LogP contribution in [0.2, 0.25) is 0 Å². The normalized spacial score (nSPS) is 15.4. The summed E-state index contributed by atoms with van der Waals surface area (Å²) in [6.07, 6.45) is 6.91. The molecule has 1 N–H and O–H groups in total. The number of aromatic nitrogens is 3. The van der Waals surface area contributed by atoms with Crippen molar-refractivity contribution in [2.24, 2.45) is 0 Å². The van der Waals surface area contributed by atoms with Gasteiger partial charge in [-0.05, 0) is 49.2 Å². The predicted octanol–water partition coefficient (Wildman–Crippen LogP) is 3.79. The highest BCUT2D eigenvalue weighted by Gasteiger charge is 2.31. The molecular weight excluding hydrogens is 477 g/mol. The van der Waals surface area contributed by atoms with Crippen LogP contribution in [0.15, 0.2) is 61.1 Å². The van der Waals surface area contributed by atoms with Gasteiger partial charge in [-0.2, -0.15) is 4.39 Å². The third-order valence-corrected chi connectivity index (χ3v) is 6.47. The average Bonchev–Trinajstić information content (AvgIpc) is 3.33. The van der Waals surface area contributed by atoms with Gasteiger partial charge in [0.2, 0.25) is 5.82 Å². The van der Waals surface area contributed by atoms with E-state index in [1.54, 1.807) is 35.5 Å². The molecule has 2 amide bonds. The fourth-order valence-electron chi connectivity index (χ4n) is 4.62. The molecule has 2 aromatic heterocycles. The average molecular weight is 504 g/mol. The highest BCUT2D eigenvalue weighted by atomic mass is 19.1. The molecule has 5 rings (SSSR count). The maximum Gasteiger partial charge on any atom is 0.311 e. The van der Waals surface area contributed by atoms with E-state index < -0.39 is 17.6 Å². The van der Waals surface area contributed by atoms with Crippen molar-refractivity contribution in [2.75, 3.05) is 27.2 Å². The molecule has 190 valence electrons. The molecule has 0 unspecified atom stereocenters. The summed E-state index contributed by atoms with van der Waals surface area (Å²) in [5.41, 5.74) is 2.39. The second kappa shape index (κ2) is 10.3. The van der Waals surface area contributed by atoms with Crippen LogP contribution in [0.4, 0.5) is 4.39 Å². The Morgan fingerprint density at radius 2 is 1.92 bits per heavy atom. The summed E-state index contributed by atoms with van der Waals surface area (Å²) in [5.74, 6) is -0.302. The number of ether oxygens (including phenoxy) is 2. The van der Waals surface area contributed by atoms with Gasteiger partial charge < -0.3 is 19.7 Å². The largest absolute Gasteiger partial charge is 0.494 e. The van der Waals surface area contributed by atoms with Crippen LogP contribution >= 0.6 is 0 Å². The van der Waals surface area contributed by atoms with E-state index in [2.05, 4.69) is 10.3 Å². The number of piperidine rings is 1. The highest BCUT2D eigenvalue weighted by molar-refractivity contribution is 6.34. The van der Waals surface area contributed by atoms with Gasteiger partial charge in [-0.25, -0.2) is 4.98 Å². The number of rotatable bonds is 5. The van der Waals surface area contributed by atoms with E-state index in [0.29, 0.717) is 18.8 Å². The number of benzene rings is 2. The van der Waals surface area contributed by atoms with E-state index >= 15 is 0 Å². The summed E-state index contributed by atoms with van der Waals surface area (Å²) in [5, 5.41) is 2.40. The quantitative estimate of drug-likeness (QED) is 0.416. The van der Waals surface area contributed by atoms with Gasteiger partial charge in [-0.3, -0.25) is 19.0 Å². The first-order valence-electron chi connectivity index (χ1n) is 11.9. The van der Waals surface area contributed by atoms with Crippen molar-refractivity contribution < 1.29 is 23.5 Å². The molecule has 0 spiro atoms. The van der Waals surface area contributed by atoms with Crippen LogP contribution in [-0.4, -0.2) is 58.3 Å². The summed E-state index contributed by atoms with van der Waals surface area (Å²) < 4.78 is 27.2. The van der Waals surface area contributed by atoms with E-state index in [-0.39, 0.29) is 17.4 Å². The lowest BCUT2D eigenvalue weighted by molar-refractivity contribution is -0.146. The molecule has 9 nitrogen and oxygen atoms in total. The number of methoxy groups -OCH3 is 1. The fourth-order valence-corrected chi connectivity index (χ4v) is 4.62. The molecule has 0 aliphatic carbocycles. The van der Waals surface area contributed by atoms with E-state index in [0.717, 1.165) is 35.4 Å². The third-order valence-electron chi connectivity index (χ3n) is 6.47. The monoisotopic (exact) mass is 503 g/mol. The van der Waals surface area contributed by atoms with Crippen LogP contribution < -0.4 is 14.8 Å². The lowest BCUT2D eigenvalue weighted by atomic mass is 9.97. The van der Waals surface area contributed by atoms with Gasteiger partial charge in [-0.1, -0.05) is 6.07 Å². The van der Waals surface area contributed by atoms with Crippen molar-refractivity contribution in [1.82, 2.24) is 24.6 Å². The number of carbonyl (C=O) groups is 2. The Labute approximate surface area is 212 Å². The van der Waals surface area contributed by atoms with Crippen molar-refractivity contribution in [2.45, 2.75) is 18.8 Å². The van der Waals surface area contributed by atoms with Crippen LogP contribution in [0.5, 0.6) is 17.2 Å². The lowest BCUT2D eigenvalue weighted by Gasteiger charge is -2.31. The molecule has 2 aromatic carbocycles. The Kier molecular flexibility index (Phi) is 6.72. The smallest absolute Gasteiger partial charge is 0.311 e. The zero-order chi connectivity index (χ0) is 25.9. The maximum atomic E-state index is 14.5. The fraction of sp³-hybridized carbons (Fsp3) is 0.259. The number of nitrogens with zero attached hydrogens (tertiary/aromatic N) is 4. The number of nitrogens with one attached hydrogen (secondary N) is 1. The Hall–Kier alpha value is -4.47. The number of fused-ring (bicyclic) bond motifs is 1. The van der Waals surface area contributed by atoms with Crippen LogP contribution in [0.25, 0.3) is 16.8 Å².